The van der Waals surface area contributed by atoms with Crippen LogP contribution in [-0.4, -0.2) is 11.9 Å². The van der Waals surface area contributed by atoms with Crippen LogP contribution in [0.4, 0.5) is 5.69 Å². The SMILES string of the molecule is CN1Cc2c([NH-])ccc(-c3ccccc3)c2C1.[Ac]. The van der Waals surface area contributed by atoms with Crippen LogP contribution in [0.2, 0.25) is 0 Å². The van der Waals surface area contributed by atoms with Crippen LogP contribution in [0.3, 0.4) is 0 Å². The van der Waals surface area contributed by atoms with E-state index in [0.29, 0.717) is 5.69 Å². The van der Waals surface area contributed by atoms with Gasteiger partial charge in [0.25, 0.3) is 0 Å². The Kier molecular flexibility index (Phi) is 4.48. The van der Waals surface area contributed by atoms with Crippen molar-refractivity contribution in [3.8, 4) is 11.1 Å². The van der Waals surface area contributed by atoms with E-state index in [1.807, 2.05) is 12.1 Å². The molecule has 0 unspecified atom stereocenters. The van der Waals surface area contributed by atoms with Gasteiger partial charge in [-0.2, -0.15) is 0 Å². The number of rotatable bonds is 1. The molecule has 1 aliphatic heterocycles. The van der Waals surface area contributed by atoms with E-state index >= 15 is 0 Å². The van der Waals surface area contributed by atoms with Gasteiger partial charge in [0, 0.05) is 57.2 Å². The second-order valence-electron chi connectivity index (χ2n) is 4.66. The Morgan fingerprint density at radius 2 is 1.61 bits per heavy atom. The van der Waals surface area contributed by atoms with Gasteiger partial charge in [-0.25, -0.2) is 0 Å². The van der Waals surface area contributed by atoms with E-state index in [1.165, 1.54) is 22.3 Å². The molecule has 2 aromatic rings. The Morgan fingerprint density at radius 3 is 2.33 bits per heavy atom. The normalized spacial score (nSPS) is 14.1. The summed E-state index contributed by atoms with van der Waals surface area (Å²) in [5, 5.41) is 0. The van der Waals surface area contributed by atoms with Crippen molar-refractivity contribution in [3.63, 3.8) is 0 Å². The molecule has 0 bridgehead atoms. The minimum absolute atomic E-state index is 0. The zero-order valence-electron chi connectivity index (χ0n) is 10.5. The second kappa shape index (κ2) is 5.74. The molecular weight excluding hydrogens is 435 g/mol. The summed E-state index contributed by atoms with van der Waals surface area (Å²) in [7, 11) is 2.11. The third-order valence-electron chi connectivity index (χ3n) is 3.37. The van der Waals surface area contributed by atoms with Crippen molar-refractivity contribution in [3.05, 3.63) is 59.3 Å². The number of hydrogen-bond acceptors (Lipinski definition) is 1. The summed E-state index contributed by atoms with van der Waals surface area (Å²) >= 11 is 0. The summed E-state index contributed by atoms with van der Waals surface area (Å²) in [6.45, 7) is 1.85. The molecule has 0 fully saturated rings. The van der Waals surface area contributed by atoms with E-state index in [2.05, 4.69) is 42.3 Å². The predicted molar refractivity (Wildman–Crippen MR) is 71.0 cm³/mol. The van der Waals surface area contributed by atoms with Gasteiger partial charge in [-0.05, 0) is 29.3 Å². The molecule has 89 valence electrons. The molecule has 18 heavy (non-hydrogen) atoms. The minimum atomic E-state index is 0. The first-order valence-electron chi connectivity index (χ1n) is 5.86. The fourth-order valence-electron chi connectivity index (χ4n) is 2.54. The number of fused-ring (bicyclic) bond motifs is 1. The molecule has 0 aliphatic carbocycles. The van der Waals surface area contributed by atoms with Crippen LogP contribution >= 0.6 is 0 Å². The zero-order valence-corrected chi connectivity index (χ0v) is 15.2. The number of nitrogens with zero attached hydrogens (tertiary/aromatic N) is 1. The molecule has 0 atom stereocenters. The van der Waals surface area contributed by atoms with Crippen LogP contribution in [0.1, 0.15) is 11.1 Å². The molecule has 1 radical (unpaired) electrons. The summed E-state index contributed by atoms with van der Waals surface area (Å²) in [5.74, 6) is 0. The standard InChI is InChI=1S/C15H15N2.Ac/c1-17-9-13-12(11-5-3-2-4-6-11)7-8-15(16)14(13)10-17;/h2-8,16H,9-10H2,1H3;/q-1;. The molecule has 0 saturated heterocycles. The van der Waals surface area contributed by atoms with Gasteiger partial charge >= 0.3 is 0 Å². The maximum Gasteiger partial charge on any atom is 0.0243 e. The van der Waals surface area contributed by atoms with Gasteiger partial charge in [0.1, 0.15) is 0 Å². The number of hydrogen-bond donors (Lipinski definition) is 0. The monoisotopic (exact) mass is 450 g/mol. The van der Waals surface area contributed by atoms with Crippen molar-refractivity contribution in [1.29, 1.82) is 0 Å². The van der Waals surface area contributed by atoms with E-state index < -0.39 is 0 Å². The molecule has 0 amide bonds. The average Bonchev–Trinajstić information content (AvgIpc) is 2.73. The van der Waals surface area contributed by atoms with Crippen molar-refractivity contribution >= 4 is 5.69 Å². The summed E-state index contributed by atoms with van der Waals surface area (Å²) < 4.78 is 0. The Hall–Kier alpha value is -0.358. The van der Waals surface area contributed by atoms with Gasteiger partial charge in [-0.3, -0.25) is 4.90 Å². The first kappa shape index (κ1) is 14.1. The molecule has 0 aromatic heterocycles. The first-order chi connectivity index (χ1) is 8.25. The second-order valence-corrected chi connectivity index (χ2v) is 4.66. The summed E-state index contributed by atoms with van der Waals surface area (Å²) in [6.07, 6.45) is 0. The molecule has 3 rings (SSSR count). The van der Waals surface area contributed by atoms with Crippen LogP contribution in [0.15, 0.2) is 42.5 Å². The van der Waals surface area contributed by atoms with Gasteiger partial charge < -0.3 is 5.73 Å². The summed E-state index contributed by atoms with van der Waals surface area (Å²) in [5.41, 5.74) is 13.7. The molecule has 1 N–H and O–H groups in total. The topological polar surface area (TPSA) is 27.0 Å². The first-order valence-corrected chi connectivity index (χ1v) is 5.86. The molecule has 1 aliphatic rings. The van der Waals surface area contributed by atoms with Crippen LogP contribution < -0.4 is 0 Å². The van der Waals surface area contributed by atoms with Gasteiger partial charge in [-0.15, -0.1) is 5.69 Å². The van der Waals surface area contributed by atoms with Crippen molar-refractivity contribution in [2.75, 3.05) is 7.05 Å². The predicted octanol–water partition coefficient (Wildman–Crippen LogP) is 3.98. The van der Waals surface area contributed by atoms with E-state index in [9.17, 15) is 0 Å². The van der Waals surface area contributed by atoms with Crippen LogP contribution in [0, 0.1) is 44.1 Å². The molecule has 2 aromatic carbocycles. The quantitative estimate of drug-likeness (QED) is 0.646. The maximum atomic E-state index is 7.97. The zero-order chi connectivity index (χ0) is 11.8. The third kappa shape index (κ3) is 2.50. The maximum absolute atomic E-state index is 7.97. The number of benzene rings is 2. The fourth-order valence-corrected chi connectivity index (χ4v) is 2.54. The number of nitrogens with one attached hydrogen (secondary N) is 1. The summed E-state index contributed by atoms with van der Waals surface area (Å²) in [4.78, 5) is 2.26. The van der Waals surface area contributed by atoms with E-state index in [0.717, 1.165) is 13.1 Å². The van der Waals surface area contributed by atoms with E-state index in [4.69, 9.17) is 5.73 Å². The summed E-state index contributed by atoms with van der Waals surface area (Å²) in [6, 6.07) is 14.4. The average molecular weight is 450 g/mol. The van der Waals surface area contributed by atoms with Crippen LogP contribution in [0.25, 0.3) is 16.9 Å². The smallest absolute Gasteiger partial charge is 0.0243 e. The van der Waals surface area contributed by atoms with E-state index in [-0.39, 0.29) is 44.1 Å². The minimum Gasteiger partial charge on any atom is -0.698 e. The van der Waals surface area contributed by atoms with Gasteiger partial charge in [0.2, 0.25) is 0 Å². The Balaban J connectivity index is 0.00000120. The third-order valence-corrected chi connectivity index (χ3v) is 3.37. The Labute approximate surface area is 144 Å². The van der Waals surface area contributed by atoms with Crippen molar-refractivity contribution < 1.29 is 44.1 Å². The van der Waals surface area contributed by atoms with Crippen molar-refractivity contribution in [2.24, 2.45) is 0 Å². The van der Waals surface area contributed by atoms with Crippen molar-refractivity contribution in [1.82, 2.24) is 4.90 Å². The molecule has 0 spiro atoms. The Bertz CT molecular complexity index is 552. The van der Waals surface area contributed by atoms with Crippen molar-refractivity contribution in [2.45, 2.75) is 13.1 Å². The molecule has 1 heterocycles. The van der Waals surface area contributed by atoms with Gasteiger partial charge in [-0.1, -0.05) is 42.5 Å². The largest absolute Gasteiger partial charge is 0.698 e. The van der Waals surface area contributed by atoms with E-state index in [1.54, 1.807) is 0 Å². The molecule has 3 heteroatoms. The molecular formula is C15H15AcN2-. The fraction of sp³-hybridized carbons (Fsp3) is 0.200. The van der Waals surface area contributed by atoms with Crippen LogP contribution in [0.5, 0.6) is 0 Å². The molecule has 0 saturated carbocycles. The van der Waals surface area contributed by atoms with Gasteiger partial charge in [0.15, 0.2) is 0 Å². The Morgan fingerprint density at radius 1 is 0.944 bits per heavy atom. The molecule has 2 nitrogen and oxygen atoms in total. The van der Waals surface area contributed by atoms with Crippen LogP contribution in [-0.2, 0) is 13.1 Å². The van der Waals surface area contributed by atoms with Gasteiger partial charge in [0.05, 0.1) is 0 Å².